The first-order valence-corrected chi connectivity index (χ1v) is 6.66. The third-order valence-corrected chi connectivity index (χ3v) is 3.62. The van der Waals surface area contributed by atoms with Crippen molar-refractivity contribution in [2.45, 2.75) is 18.8 Å². The van der Waals surface area contributed by atoms with Gasteiger partial charge in [-0.25, -0.2) is 9.97 Å². The van der Waals surface area contributed by atoms with E-state index < -0.39 is 0 Å². The van der Waals surface area contributed by atoms with Crippen LogP contribution in [-0.2, 0) is 11.2 Å². The number of carbonyl (C=O) groups is 1. The van der Waals surface area contributed by atoms with E-state index in [4.69, 9.17) is 5.73 Å². The average molecular weight is 268 g/mol. The molecule has 0 saturated carbocycles. The summed E-state index contributed by atoms with van der Waals surface area (Å²) in [4.78, 5) is 19.6. The van der Waals surface area contributed by atoms with Crippen LogP contribution in [0.15, 0.2) is 36.8 Å². The molecule has 5 heteroatoms. The number of nitrogens with one attached hydrogen (secondary N) is 1. The van der Waals surface area contributed by atoms with E-state index in [9.17, 15) is 4.79 Å². The van der Waals surface area contributed by atoms with Gasteiger partial charge in [-0.15, -0.1) is 0 Å². The Bertz CT molecular complexity index is 627. The van der Waals surface area contributed by atoms with Crippen LogP contribution >= 0.6 is 0 Å². The molecule has 0 spiro atoms. The first-order valence-electron chi connectivity index (χ1n) is 6.66. The van der Waals surface area contributed by atoms with E-state index in [0.29, 0.717) is 13.0 Å². The maximum absolute atomic E-state index is 11.4. The average Bonchev–Trinajstić information content (AvgIpc) is 2.49. The molecule has 2 aromatic rings. The van der Waals surface area contributed by atoms with Crippen LogP contribution in [0.3, 0.4) is 0 Å². The van der Waals surface area contributed by atoms with Gasteiger partial charge in [-0.1, -0.05) is 12.1 Å². The predicted octanol–water partition coefficient (Wildman–Crippen LogP) is 1.45. The van der Waals surface area contributed by atoms with Crippen molar-refractivity contribution in [2.75, 3.05) is 11.9 Å². The first kappa shape index (κ1) is 12.7. The van der Waals surface area contributed by atoms with Crippen molar-refractivity contribution in [3.8, 4) is 0 Å². The largest absolute Gasteiger partial charge is 0.329 e. The van der Waals surface area contributed by atoms with Crippen molar-refractivity contribution in [2.24, 2.45) is 5.73 Å². The van der Waals surface area contributed by atoms with Crippen LogP contribution in [0, 0.1) is 0 Å². The molecule has 1 aliphatic heterocycles. The zero-order chi connectivity index (χ0) is 13.9. The van der Waals surface area contributed by atoms with Gasteiger partial charge in [0.1, 0.15) is 6.33 Å². The molecule has 0 bridgehead atoms. The second kappa shape index (κ2) is 5.38. The number of hydrogen-bond donors (Lipinski definition) is 2. The number of anilines is 1. The summed E-state index contributed by atoms with van der Waals surface area (Å²) in [6, 6.07) is 7.96. The zero-order valence-corrected chi connectivity index (χ0v) is 11.0. The fourth-order valence-corrected chi connectivity index (χ4v) is 2.55. The molecule has 3 N–H and O–H groups in total. The van der Waals surface area contributed by atoms with E-state index in [-0.39, 0.29) is 11.8 Å². The molecule has 1 amide bonds. The number of carbonyl (C=O) groups excluding carboxylic acids is 1. The molecule has 1 unspecified atom stereocenters. The first-order chi connectivity index (χ1) is 9.78. The number of amides is 1. The summed E-state index contributed by atoms with van der Waals surface area (Å²) < 4.78 is 0. The van der Waals surface area contributed by atoms with Crippen molar-refractivity contribution in [3.05, 3.63) is 53.6 Å². The molecule has 3 rings (SSSR count). The number of benzene rings is 1. The van der Waals surface area contributed by atoms with Crippen molar-refractivity contribution >= 4 is 11.6 Å². The molecule has 102 valence electrons. The van der Waals surface area contributed by atoms with Crippen LogP contribution in [0.2, 0.25) is 0 Å². The smallest absolute Gasteiger partial charge is 0.224 e. The summed E-state index contributed by atoms with van der Waals surface area (Å²) in [5.74, 6) is 0.136. The van der Waals surface area contributed by atoms with Gasteiger partial charge in [0.25, 0.3) is 0 Å². The Morgan fingerprint density at radius 3 is 2.95 bits per heavy atom. The van der Waals surface area contributed by atoms with E-state index in [1.54, 1.807) is 6.20 Å². The van der Waals surface area contributed by atoms with Gasteiger partial charge >= 0.3 is 0 Å². The highest BCUT2D eigenvalue weighted by atomic mass is 16.1. The molecule has 1 aliphatic rings. The molecular formula is C15H16N4O. The topological polar surface area (TPSA) is 80.9 Å². The van der Waals surface area contributed by atoms with Crippen molar-refractivity contribution in [1.29, 1.82) is 0 Å². The number of nitrogens with zero attached hydrogens (tertiary/aromatic N) is 2. The second-order valence-corrected chi connectivity index (χ2v) is 4.89. The summed E-state index contributed by atoms with van der Waals surface area (Å²) >= 11 is 0. The van der Waals surface area contributed by atoms with Crippen LogP contribution in [0.1, 0.15) is 29.2 Å². The van der Waals surface area contributed by atoms with Gasteiger partial charge in [-0.2, -0.15) is 0 Å². The number of fused-ring (bicyclic) bond motifs is 1. The summed E-state index contributed by atoms with van der Waals surface area (Å²) in [6.07, 6.45) is 4.58. The molecule has 2 heterocycles. The fourth-order valence-electron chi connectivity index (χ4n) is 2.55. The van der Waals surface area contributed by atoms with Crippen LogP contribution in [0.4, 0.5) is 5.69 Å². The van der Waals surface area contributed by atoms with Crippen molar-refractivity contribution in [1.82, 2.24) is 9.97 Å². The van der Waals surface area contributed by atoms with Gasteiger partial charge < -0.3 is 11.1 Å². The van der Waals surface area contributed by atoms with Crippen LogP contribution in [0.5, 0.6) is 0 Å². The molecule has 0 aliphatic carbocycles. The Labute approximate surface area is 117 Å². The summed E-state index contributed by atoms with van der Waals surface area (Å²) in [5.41, 5.74) is 10.0. The Hall–Kier alpha value is -2.27. The number of hydrogen-bond acceptors (Lipinski definition) is 4. The third kappa shape index (κ3) is 2.40. The number of nitrogens with two attached hydrogens (primary N) is 1. The lowest BCUT2D eigenvalue weighted by atomic mass is 9.91. The quantitative estimate of drug-likeness (QED) is 0.883. The second-order valence-electron chi connectivity index (χ2n) is 4.89. The minimum Gasteiger partial charge on any atom is -0.329 e. The van der Waals surface area contributed by atoms with E-state index in [1.165, 1.54) is 6.33 Å². The molecule has 1 aromatic carbocycles. The molecule has 20 heavy (non-hydrogen) atoms. The van der Waals surface area contributed by atoms with E-state index in [0.717, 1.165) is 28.9 Å². The summed E-state index contributed by atoms with van der Waals surface area (Å²) in [6.45, 7) is 0.488. The lowest BCUT2D eigenvalue weighted by Gasteiger charge is -2.20. The van der Waals surface area contributed by atoms with Gasteiger partial charge in [0.15, 0.2) is 0 Å². The summed E-state index contributed by atoms with van der Waals surface area (Å²) in [5, 5.41) is 2.89. The summed E-state index contributed by atoms with van der Waals surface area (Å²) in [7, 11) is 0. The molecule has 0 radical (unpaired) electrons. The Balaban J connectivity index is 1.95. The molecule has 1 atom stereocenters. The minimum absolute atomic E-state index is 0.0564. The van der Waals surface area contributed by atoms with Crippen molar-refractivity contribution < 1.29 is 4.79 Å². The van der Waals surface area contributed by atoms with Gasteiger partial charge in [-0.3, -0.25) is 4.79 Å². The maximum Gasteiger partial charge on any atom is 0.224 e. The third-order valence-electron chi connectivity index (χ3n) is 3.62. The van der Waals surface area contributed by atoms with Crippen LogP contribution < -0.4 is 11.1 Å². The zero-order valence-electron chi connectivity index (χ0n) is 11.0. The monoisotopic (exact) mass is 268 g/mol. The van der Waals surface area contributed by atoms with Crippen LogP contribution in [-0.4, -0.2) is 22.4 Å². The number of rotatable bonds is 3. The van der Waals surface area contributed by atoms with Crippen molar-refractivity contribution in [3.63, 3.8) is 0 Å². The molecule has 0 saturated heterocycles. The number of aromatic nitrogens is 2. The fraction of sp³-hybridized carbons (Fsp3) is 0.267. The lowest BCUT2D eigenvalue weighted by Crippen LogP contribution is -2.20. The molecular weight excluding hydrogens is 252 g/mol. The van der Waals surface area contributed by atoms with Gasteiger partial charge in [-0.05, 0) is 29.7 Å². The Morgan fingerprint density at radius 2 is 2.20 bits per heavy atom. The Morgan fingerprint density at radius 1 is 1.30 bits per heavy atom. The van der Waals surface area contributed by atoms with Crippen LogP contribution in [0.25, 0.3) is 0 Å². The van der Waals surface area contributed by atoms with Gasteiger partial charge in [0.05, 0.1) is 5.69 Å². The molecule has 5 nitrogen and oxygen atoms in total. The van der Waals surface area contributed by atoms with Gasteiger partial charge in [0, 0.05) is 30.8 Å². The predicted molar refractivity (Wildman–Crippen MR) is 76.3 cm³/mol. The normalized spacial score (nSPS) is 15.3. The van der Waals surface area contributed by atoms with E-state index in [2.05, 4.69) is 21.4 Å². The van der Waals surface area contributed by atoms with Gasteiger partial charge in [0.2, 0.25) is 5.91 Å². The minimum atomic E-state index is 0.0564. The molecule has 0 fully saturated rings. The van der Waals surface area contributed by atoms with E-state index >= 15 is 0 Å². The lowest BCUT2D eigenvalue weighted by molar-refractivity contribution is -0.116. The molecule has 1 aromatic heterocycles. The highest BCUT2D eigenvalue weighted by Gasteiger charge is 2.19. The van der Waals surface area contributed by atoms with E-state index in [1.807, 2.05) is 18.2 Å². The standard InChI is InChI=1S/C15H16N4O/c16-8-12(14-5-6-17-9-18-14)10-1-3-13-11(7-10)2-4-15(20)19-13/h1,3,5-7,9,12H,2,4,8,16H2,(H,19,20). The SMILES string of the molecule is NCC(c1ccc2c(c1)CCC(=O)N2)c1ccncn1. The maximum atomic E-state index is 11.4. The number of aryl methyl sites for hydroxylation is 1. The highest BCUT2D eigenvalue weighted by molar-refractivity contribution is 5.93. The Kier molecular flexibility index (Phi) is 3.43. The highest BCUT2D eigenvalue weighted by Crippen LogP contribution is 2.28.